The van der Waals surface area contributed by atoms with Crippen LogP contribution in [0.15, 0.2) is 42.5 Å². The summed E-state index contributed by atoms with van der Waals surface area (Å²) in [6.45, 7) is 1.59. The van der Waals surface area contributed by atoms with Crippen LogP contribution < -0.4 is 0 Å². The van der Waals surface area contributed by atoms with Crippen molar-refractivity contribution in [2.24, 2.45) is 0 Å². The fourth-order valence-corrected chi connectivity index (χ4v) is 1.98. The van der Waals surface area contributed by atoms with E-state index < -0.39 is 12.1 Å². The Morgan fingerprint density at radius 1 is 1.37 bits per heavy atom. The Morgan fingerprint density at radius 2 is 2.05 bits per heavy atom. The van der Waals surface area contributed by atoms with Gasteiger partial charge in [-0.1, -0.05) is 48.2 Å². The zero-order chi connectivity index (χ0) is 14.1. The van der Waals surface area contributed by atoms with Crippen molar-refractivity contribution < 1.29 is 19.4 Å². The maximum absolute atomic E-state index is 11.7. The Bertz CT molecular complexity index is 442. The normalized spacial score (nSPS) is 12.3. The van der Waals surface area contributed by atoms with E-state index in [1.54, 1.807) is 37.3 Å². The second-order valence-corrected chi connectivity index (χ2v) is 4.74. The van der Waals surface area contributed by atoms with Gasteiger partial charge in [-0.05, 0) is 6.92 Å². The third kappa shape index (κ3) is 6.22. The molecule has 1 aromatic rings. The van der Waals surface area contributed by atoms with Gasteiger partial charge in [0, 0.05) is 17.4 Å². The summed E-state index contributed by atoms with van der Waals surface area (Å²) < 4.78 is 4.78. The van der Waals surface area contributed by atoms with Crippen LogP contribution in [-0.2, 0) is 9.53 Å². The lowest BCUT2D eigenvalue weighted by molar-refractivity contribution is -0.140. The highest BCUT2D eigenvalue weighted by molar-refractivity contribution is 8.14. The van der Waals surface area contributed by atoms with Crippen molar-refractivity contribution in [3.05, 3.63) is 48.0 Å². The van der Waals surface area contributed by atoms with E-state index in [9.17, 15) is 14.7 Å². The molecule has 102 valence electrons. The second-order valence-electron chi connectivity index (χ2n) is 3.75. The first kappa shape index (κ1) is 15.5. The van der Waals surface area contributed by atoms with Crippen molar-refractivity contribution in [1.29, 1.82) is 0 Å². The van der Waals surface area contributed by atoms with Gasteiger partial charge in [-0.2, -0.15) is 0 Å². The quantitative estimate of drug-likeness (QED) is 0.638. The van der Waals surface area contributed by atoms with Gasteiger partial charge in [0.15, 0.2) is 0 Å². The third-order valence-electron chi connectivity index (χ3n) is 2.14. The number of thioether (sulfide) groups is 1. The minimum atomic E-state index is -0.855. The number of aliphatic hydroxyl groups excluding tert-OH is 1. The molecule has 0 fully saturated rings. The molecule has 0 aliphatic heterocycles. The summed E-state index contributed by atoms with van der Waals surface area (Å²) in [7, 11) is 0. The summed E-state index contributed by atoms with van der Waals surface area (Å²) in [5, 5.41) is 9.48. The molecule has 0 saturated carbocycles. The molecule has 1 aromatic carbocycles. The van der Waals surface area contributed by atoms with E-state index in [0.29, 0.717) is 5.56 Å². The van der Waals surface area contributed by atoms with Crippen LogP contribution in [0.5, 0.6) is 0 Å². The van der Waals surface area contributed by atoms with E-state index in [1.165, 1.54) is 6.08 Å². The summed E-state index contributed by atoms with van der Waals surface area (Å²) >= 11 is 1.00. The Labute approximate surface area is 116 Å². The van der Waals surface area contributed by atoms with Crippen LogP contribution in [-0.4, -0.2) is 34.7 Å². The van der Waals surface area contributed by atoms with Gasteiger partial charge in [0.25, 0.3) is 0 Å². The van der Waals surface area contributed by atoms with Crippen LogP contribution in [0, 0.1) is 0 Å². The van der Waals surface area contributed by atoms with Gasteiger partial charge in [-0.25, -0.2) is 4.79 Å². The molecule has 1 unspecified atom stereocenters. The molecule has 0 saturated heterocycles. The van der Waals surface area contributed by atoms with Crippen LogP contribution in [0.4, 0.5) is 0 Å². The van der Waals surface area contributed by atoms with Crippen molar-refractivity contribution >= 4 is 22.8 Å². The lowest BCUT2D eigenvalue weighted by Gasteiger charge is -2.09. The molecule has 0 aliphatic rings. The molecule has 0 aliphatic carbocycles. The SMILES string of the molecule is CC=CC(=O)OCC(O)CSC(=O)c1ccccc1. The number of allylic oxidation sites excluding steroid dienone is 1. The molecule has 0 bridgehead atoms. The summed E-state index contributed by atoms with van der Waals surface area (Å²) in [5.74, 6) is -0.308. The summed E-state index contributed by atoms with van der Waals surface area (Å²) in [6, 6.07) is 8.82. The Hall–Kier alpha value is -1.59. The van der Waals surface area contributed by atoms with Crippen LogP contribution >= 0.6 is 11.8 Å². The smallest absolute Gasteiger partial charge is 0.330 e. The van der Waals surface area contributed by atoms with Crippen LogP contribution in [0.2, 0.25) is 0 Å². The standard InChI is InChI=1S/C14H16O4S/c1-2-6-13(16)18-9-12(15)10-19-14(17)11-7-4-3-5-8-11/h2-8,12,15H,9-10H2,1H3. The number of carbonyl (C=O) groups is 2. The highest BCUT2D eigenvalue weighted by Gasteiger charge is 2.12. The van der Waals surface area contributed by atoms with Gasteiger partial charge in [0.1, 0.15) is 6.61 Å². The molecular formula is C14H16O4S. The largest absolute Gasteiger partial charge is 0.460 e. The summed E-state index contributed by atoms with van der Waals surface area (Å²) in [5.41, 5.74) is 0.589. The molecule has 0 aromatic heterocycles. The first-order valence-corrected chi connectivity index (χ1v) is 6.81. The van der Waals surface area contributed by atoms with E-state index in [1.807, 2.05) is 6.07 Å². The number of hydrogen-bond acceptors (Lipinski definition) is 5. The molecule has 0 heterocycles. The Morgan fingerprint density at radius 3 is 2.68 bits per heavy atom. The molecule has 0 amide bonds. The van der Waals surface area contributed by atoms with Crippen molar-refractivity contribution in [2.75, 3.05) is 12.4 Å². The number of ether oxygens (including phenoxy) is 1. The predicted octanol–water partition coefficient (Wildman–Crippen LogP) is 2.04. The van der Waals surface area contributed by atoms with Gasteiger partial charge in [-0.15, -0.1) is 0 Å². The molecule has 0 radical (unpaired) electrons. The van der Waals surface area contributed by atoms with Gasteiger partial charge in [0.2, 0.25) is 5.12 Å². The predicted molar refractivity (Wildman–Crippen MR) is 75.0 cm³/mol. The van der Waals surface area contributed by atoms with Gasteiger partial charge >= 0.3 is 5.97 Å². The Balaban J connectivity index is 2.29. The minimum absolute atomic E-state index is 0.112. The van der Waals surface area contributed by atoms with Gasteiger partial charge < -0.3 is 9.84 Å². The summed E-state index contributed by atoms with van der Waals surface area (Å²) in [4.78, 5) is 22.7. The highest BCUT2D eigenvalue weighted by atomic mass is 32.2. The highest BCUT2D eigenvalue weighted by Crippen LogP contribution is 2.13. The molecule has 19 heavy (non-hydrogen) atoms. The molecule has 1 N–H and O–H groups in total. The monoisotopic (exact) mass is 280 g/mol. The van der Waals surface area contributed by atoms with Gasteiger partial charge in [-0.3, -0.25) is 4.79 Å². The topological polar surface area (TPSA) is 63.6 Å². The number of rotatable bonds is 6. The number of aliphatic hydroxyl groups is 1. The fourth-order valence-electron chi connectivity index (χ4n) is 1.24. The molecule has 5 heteroatoms. The number of hydrogen-bond donors (Lipinski definition) is 1. The molecule has 1 rings (SSSR count). The summed E-state index contributed by atoms with van der Waals surface area (Å²) in [6.07, 6.45) is 1.98. The number of benzene rings is 1. The van der Waals surface area contributed by atoms with E-state index in [2.05, 4.69) is 0 Å². The van der Waals surface area contributed by atoms with Crippen LogP contribution in [0.1, 0.15) is 17.3 Å². The van der Waals surface area contributed by atoms with Crippen molar-refractivity contribution in [3.63, 3.8) is 0 Å². The third-order valence-corrected chi connectivity index (χ3v) is 3.19. The van der Waals surface area contributed by atoms with E-state index in [0.717, 1.165) is 11.8 Å². The second kappa shape index (κ2) is 8.50. The average Bonchev–Trinajstić information content (AvgIpc) is 2.44. The number of esters is 1. The van der Waals surface area contributed by atoms with Crippen molar-refractivity contribution in [3.8, 4) is 0 Å². The maximum atomic E-state index is 11.7. The maximum Gasteiger partial charge on any atom is 0.330 e. The minimum Gasteiger partial charge on any atom is -0.460 e. The number of carbonyl (C=O) groups excluding carboxylic acids is 2. The molecule has 1 atom stereocenters. The van der Waals surface area contributed by atoms with E-state index in [-0.39, 0.29) is 17.5 Å². The first-order valence-electron chi connectivity index (χ1n) is 5.83. The molecule has 0 spiro atoms. The lowest BCUT2D eigenvalue weighted by Crippen LogP contribution is -2.20. The zero-order valence-electron chi connectivity index (χ0n) is 10.6. The lowest BCUT2D eigenvalue weighted by atomic mass is 10.2. The van der Waals surface area contributed by atoms with Crippen LogP contribution in [0.25, 0.3) is 0 Å². The molecular weight excluding hydrogens is 264 g/mol. The Kier molecular flexibility index (Phi) is 6.92. The van der Waals surface area contributed by atoms with Gasteiger partial charge in [0.05, 0.1) is 6.10 Å². The van der Waals surface area contributed by atoms with Crippen molar-refractivity contribution in [2.45, 2.75) is 13.0 Å². The van der Waals surface area contributed by atoms with Crippen molar-refractivity contribution in [1.82, 2.24) is 0 Å². The first-order chi connectivity index (χ1) is 9.13. The fraction of sp³-hybridized carbons (Fsp3) is 0.286. The van der Waals surface area contributed by atoms with E-state index in [4.69, 9.17) is 4.74 Å². The van der Waals surface area contributed by atoms with E-state index >= 15 is 0 Å². The molecule has 4 nitrogen and oxygen atoms in total. The van der Waals surface area contributed by atoms with Crippen LogP contribution in [0.3, 0.4) is 0 Å². The average molecular weight is 280 g/mol. The zero-order valence-corrected chi connectivity index (χ0v) is 11.4.